The first-order valence-corrected chi connectivity index (χ1v) is 9.03. The molecule has 1 aliphatic heterocycles. The van der Waals surface area contributed by atoms with E-state index in [0.29, 0.717) is 18.0 Å². The Morgan fingerprint density at radius 2 is 2.05 bits per heavy atom. The molecule has 0 spiro atoms. The maximum absolute atomic E-state index is 12.2. The third-order valence-electron chi connectivity index (χ3n) is 3.51. The van der Waals surface area contributed by atoms with Crippen molar-refractivity contribution in [3.63, 3.8) is 0 Å². The van der Waals surface area contributed by atoms with E-state index >= 15 is 0 Å². The molecule has 1 unspecified atom stereocenters. The number of fused-ring (bicyclic) bond motifs is 1. The number of sulfonamides is 1. The second-order valence-corrected chi connectivity index (χ2v) is 7.13. The van der Waals surface area contributed by atoms with Gasteiger partial charge in [-0.3, -0.25) is 4.79 Å². The summed E-state index contributed by atoms with van der Waals surface area (Å²) in [5, 5.41) is 2.65. The highest BCUT2D eigenvalue weighted by Crippen LogP contribution is 2.31. The van der Waals surface area contributed by atoms with E-state index in [1.165, 1.54) is 12.1 Å². The summed E-state index contributed by atoms with van der Waals surface area (Å²) < 4.78 is 32.5. The van der Waals surface area contributed by atoms with Crippen LogP contribution in [0.5, 0.6) is 5.75 Å². The number of rotatable bonds is 7. The highest BCUT2D eigenvalue weighted by Gasteiger charge is 2.25. The lowest BCUT2D eigenvalue weighted by Gasteiger charge is -2.23. The second kappa shape index (κ2) is 7.11. The maximum atomic E-state index is 12.2. The van der Waals surface area contributed by atoms with E-state index in [0.717, 1.165) is 25.7 Å². The van der Waals surface area contributed by atoms with Crippen LogP contribution in [0.1, 0.15) is 39.5 Å². The van der Waals surface area contributed by atoms with Gasteiger partial charge < -0.3 is 10.1 Å². The first-order valence-electron chi connectivity index (χ1n) is 7.55. The van der Waals surface area contributed by atoms with Crippen molar-refractivity contribution in [3.05, 3.63) is 18.2 Å². The van der Waals surface area contributed by atoms with Crippen LogP contribution < -0.4 is 14.8 Å². The standard InChI is InChI=1S/C15H22N2O4S/c1-3-4-5-6-9-16-22(19,20)12-7-8-14-13(10-12)17-15(18)11(2)21-14/h7-8,10-11,16H,3-6,9H2,1-2H3,(H,17,18). The average Bonchev–Trinajstić information content (AvgIpc) is 2.47. The van der Waals surface area contributed by atoms with Gasteiger partial charge in [0.05, 0.1) is 10.6 Å². The number of hydrogen-bond donors (Lipinski definition) is 2. The van der Waals surface area contributed by atoms with Gasteiger partial charge in [0, 0.05) is 6.54 Å². The lowest BCUT2D eigenvalue weighted by atomic mass is 10.2. The normalized spacial score (nSPS) is 17.5. The second-order valence-electron chi connectivity index (χ2n) is 5.37. The predicted molar refractivity (Wildman–Crippen MR) is 84.5 cm³/mol. The molecule has 2 N–H and O–H groups in total. The Morgan fingerprint density at radius 1 is 1.27 bits per heavy atom. The van der Waals surface area contributed by atoms with Gasteiger partial charge in [-0.1, -0.05) is 26.2 Å². The molecule has 1 aromatic carbocycles. The smallest absolute Gasteiger partial charge is 0.265 e. The fourth-order valence-electron chi connectivity index (χ4n) is 2.20. The molecule has 1 atom stereocenters. The zero-order valence-corrected chi connectivity index (χ0v) is 13.7. The van der Waals surface area contributed by atoms with Crippen LogP contribution in [0.25, 0.3) is 0 Å². The summed E-state index contributed by atoms with van der Waals surface area (Å²) in [5.74, 6) is 0.198. The van der Waals surface area contributed by atoms with Crippen molar-refractivity contribution in [3.8, 4) is 5.75 Å². The molecule has 2 rings (SSSR count). The molecule has 0 bridgehead atoms. The van der Waals surface area contributed by atoms with Gasteiger partial charge in [0.25, 0.3) is 5.91 Å². The van der Waals surface area contributed by atoms with Gasteiger partial charge in [-0.25, -0.2) is 13.1 Å². The third-order valence-corrected chi connectivity index (χ3v) is 4.97. The van der Waals surface area contributed by atoms with E-state index in [1.807, 2.05) is 0 Å². The van der Waals surface area contributed by atoms with Gasteiger partial charge >= 0.3 is 0 Å². The molecule has 22 heavy (non-hydrogen) atoms. The Bertz CT molecular complexity index is 643. The first kappa shape index (κ1) is 16.8. The number of hydrogen-bond acceptors (Lipinski definition) is 4. The minimum absolute atomic E-state index is 0.125. The number of benzene rings is 1. The minimum atomic E-state index is -3.57. The van der Waals surface area contributed by atoms with Crippen molar-refractivity contribution in [2.24, 2.45) is 0 Å². The summed E-state index contributed by atoms with van der Waals surface area (Å²) in [4.78, 5) is 11.7. The summed E-state index contributed by atoms with van der Waals surface area (Å²) in [6, 6.07) is 4.47. The van der Waals surface area contributed by atoms with E-state index in [-0.39, 0.29) is 10.8 Å². The SMILES string of the molecule is CCCCCCNS(=O)(=O)c1ccc2c(c1)NC(=O)C(C)O2. The van der Waals surface area contributed by atoms with Gasteiger partial charge in [-0.15, -0.1) is 0 Å². The van der Waals surface area contributed by atoms with Crippen molar-refractivity contribution in [2.75, 3.05) is 11.9 Å². The molecule has 122 valence electrons. The lowest BCUT2D eigenvalue weighted by molar-refractivity contribution is -0.122. The van der Waals surface area contributed by atoms with Crippen LogP contribution in [0.4, 0.5) is 5.69 Å². The quantitative estimate of drug-likeness (QED) is 0.753. The van der Waals surface area contributed by atoms with Gasteiger partial charge in [-0.05, 0) is 31.5 Å². The lowest BCUT2D eigenvalue weighted by Crippen LogP contribution is -2.34. The fraction of sp³-hybridized carbons (Fsp3) is 0.533. The molecule has 0 aliphatic carbocycles. The van der Waals surface area contributed by atoms with Gasteiger partial charge in [0.15, 0.2) is 6.10 Å². The summed E-state index contributed by atoms with van der Waals surface area (Å²) in [7, 11) is -3.57. The van der Waals surface area contributed by atoms with Gasteiger partial charge in [0.2, 0.25) is 10.0 Å². The first-order chi connectivity index (χ1) is 10.4. The molecule has 1 heterocycles. The van der Waals surface area contributed by atoms with E-state index in [4.69, 9.17) is 4.74 Å². The third kappa shape index (κ3) is 3.98. The molecule has 1 amide bonds. The van der Waals surface area contributed by atoms with Gasteiger partial charge in [0.1, 0.15) is 5.75 Å². The Hall–Kier alpha value is -1.60. The Kier molecular flexibility index (Phi) is 5.42. The Morgan fingerprint density at radius 3 is 2.77 bits per heavy atom. The van der Waals surface area contributed by atoms with Crippen LogP contribution in [-0.4, -0.2) is 27.0 Å². The summed E-state index contributed by atoms with van der Waals surface area (Å²) >= 11 is 0. The largest absolute Gasteiger partial charge is 0.479 e. The summed E-state index contributed by atoms with van der Waals surface area (Å²) in [5.41, 5.74) is 0.386. The Labute approximate surface area is 131 Å². The maximum Gasteiger partial charge on any atom is 0.265 e. The number of anilines is 1. The molecular weight excluding hydrogens is 304 g/mol. The molecular formula is C15H22N2O4S. The zero-order chi connectivity index (χ0) is 16.2. The van der Waals surface area contributed by atoms with E-state index < -0.39 is 16.1 Å². The topological polar surface area (TPSA) is 84.5 Å². The minimum Gasteiger partial charge on any atom is -0.479 e. The number of ether oxygens (including phenoxy) is 1. The number of carbonyl (C=O) groups excluding carboxylic acids is 1. The van der Waals surface area contributed by atoms with Crippen LogP contribution in [0.3, 0.4) is 0 Å². The number of amides is 1. The Balaban J connectivity index is 2.06. The molecule has 0 radical (unpaired) electrons. The zero-order valence-electron chi connectivity index (χ0n) is 12.9. The predicted octanol–water partition coefficient (Wildman–Crippen LogP) is 2.26. The molecule has 0 aromatic heterocycles. The average molecular weight is 326 g/mol. The van der Waals surface area contributed by atoms with Crippen LogP contribution in [0.2, 0.25) is 0 Å². The van der Waals surface area contributed by atoms with Crippen LogP contribution in [0.15, 0.2) is 23.1 Å². The number of nitrogens with one attached hydrogen (secondary N) is 2. The van der Waals surface area contributed by atoms with Crippen molar-refractivity contribution < 1.29 is 17.9 Å². The van der Waals surface area contributed by atoms with Crippen molar-refractivity contribution >= 4 is 21.6 Å². The summed E-state index contributed by atoms with van der Waals surface area (Å²) in [6.45, 7) is 4.16. The van der Waals surface area contributed by atoms with Crippen LogP contribution in [0, 0.1) is 0 Å². The highest BCUT2D eigenvalue weighted by atomic mass is 32.2. The number of unbranched alkanes of at least 4 members (excludes halogenated alkanes) is 3. The number of carbonyl (C=O) groups is 1. The molecule has 0 fully saturated rings. The highest BCUT2D eigenvalue weighted by molar-refractivity contribution is 7.89. The summed E-state index contributed by atoms with van der Waals surface area (Å²) in [6.07, 6.45) is 3.45. The van der Waals surface area contributed by atoms with Crippen LogP contribution >= 0.6 is 0 Å². The van der Waals surface area contributed by atoms with E-state index in [1.54, 1.807) is 13.0 Å². The molecule has 0 saturated heterocycles. The van der Waals surface area contributed by atoms with E-state index in [9.17, 15) is 13.2 Å². The molecule has 1 aromatic rings. The monoisotopic (exact) mass is 326 g/mol. The van der Waals surface area contributed by atoms with Crippen molar-refractivity contribution in [2.45, 2.75) is 50.5 Å². The van der Waals surface area contributed by atoms with E-state index in [2.05, 4.69) is 17.0 Å². The van der Waals surface area contributed by atoms with Crippen molar-refractivity contribution in [1.82, 2.24) is 4.72 Å². The fourth-order valence-corrected chi connectivity index (χ4v) is 3.30. The molecule has 1 aliphatic rings. The van der Waals surface area contributed by atoms with Crippen molar-refractivity contribution in [1.29, 1.82) is 0 Å². The molecule has 7 heteroatoms. The molecule has 0 saturated carbocycles. The molecule has 6 nitrogen and oxygen atoms in total. The van der Waals surface area contributed by atoms with Crippen LogP contribution in [-0.2, 0) is 14.8 Å². The van der Waals surface area contributed by atoms with Gasteiger partial charge in [-0.2, -0.15) is 0 Å².